The number of nitrogens with zero attached hydrogens (tertiary/aromatic N) is 3. The number of hydrogen-bond donors (Lipinski definition) is 2. The van der Waals surface area contributed by atoms with Crippen molar-refractivity contribution in [3.63, 3.8) is 0 Å². The molecule has 8 heteroatoms. The van der Waals surface area contributed by atoms with Crippen LogP contribution in [0.15, 0.2) is 10.7 Å². The first-order valence-corrected chi connectivity index (χ1v) is 6.01. The van der Waals surface area contributed by atoms with Gasteiger partial charge in [0.05, 0.1) is 11.0 Å². The lowest BCUT2D eigenvalue weighted by molar-refractivity contribution is -0.135. The molecule has 1 aromatic heterocycles. The Morgan fingerprint density at radius 2 is 2.17 bits per heavy atom. The molecule has 2 amide bonds. The molecule has 0 unspecified atom stereocenters. The van der Waals surface area contributed by atoms with Gasteiger partial charge in [-0.2, -0.15) is 4.98 Å². The number of amides is 2. The summed E-state index contributed by atoms with van der Waals surface area (Å²) in [6.07, 6.45) is 1.49. The van der Waals surface area contributed by atoms with Crippen molar-refractivity contribution in [1.82, 2.24) is 15.3 Å². The van der Waals surface area contributed by atoms with Crippen molar-refractivity contribution in [3.05, 3.63) is 10.7 Å². The average Bonchev–Trinajstić information content (AvgIpc) is 2.27. The summed E-state index contributed by atoms with van der Waals surface area (Å²) in [6.45, 7) is 3.45. The van der Waals surface area contributed by atoms with Crippen LogP contribution < -0.4 is 16.0 Å². The molecule has 0 radical (unpaired) electrons. The molecule has 0 aromatic carbocycles. The Morgan fingerprint density at radius 1 is 1.50 bits per heavy atom. The van der Waals surface area contributed by atoms with E-state index in [2.05, 4.69) is 31.2 Å². The quantitative estimate of drug-likeness (QED) is 0.711. The minimum Gasteiger partial charge on any atom is -0.368 e. The van der Waals surface area contributed by atoms with Crippen molar-refractivity contribution in [2.24, 2.45) is 0 Å². The predicted octanol–water partition coefficient (Wildman–Crippen LogP) is 0.0627. The second-order valence-electron chi connectivity index (χ2n) is 4.42. The number of nitrogen functional groups attached to an aromatic ring is 1. The van der Waals surface area contributed by atoms with Crippen LogP contribution in [0.25, 0.3) is 0 Å². The molecule has 0 atom stereocenters. The predicted molar refractivity (Wildman–Crippen MR) is 68.7 cm³/mol. The lowest BCUT2D eigenvalue weighted by Crippen LogP contribution is -2.64. The Balaban J connectivity index is 2.50. The summed E-state index contributed by atoms with van der Waals surface area (Å²) in [5.74, 6) is -0.232. The average molecular weight is 314 g/mol. The summed E-state index contributed by atoms with van der Waals surface area (Å²) in [5.41, 5.74) is 4.65. The molecule has 96 valence electrons. The second-order valence-corrected chi connectivity index (χ2v) is 5.28. The molecule has 2 heterocycles. The molecule has 1 fully saturated rings. The molecule has 0 aliphatic carbocycles. The van der Waals surface area contributed by atoms with E-state index < -0.39 is 5.54 Å². The monoisotopic (exact) mass is 313 g/mol. The number of imide groups is 1. The summed E-state index contributed by atoms with van der Waals surface area (Å²) in [5, 5.41) is 2.29. The number of anilines is 2. The zero-order valence-corrected chi connectivity index (χ0v) is 11.5. The van der Waals surface area contributed by atoms with Gasteiger partial charge in [-0.15, -0.1) is 0 Å². The normalized spacial score (nSPS) is 18.7. The Kier molecular flexibility index (Phi) is 2.97. The van der Waals surface area contributed by atoms with E-state index >= 15 is 0 Å². The van der Waals surface area contributed by atoms with Gasteiger partial charge in [0.2, 0.25) is 11.9 Å². The highest BCUT2D eigenvalue weighted by Gasteiger charge is 2.42. The molecule has 7 nitrogen and oxygen atoms in total. The minimum absolute atomic E-state index is 0.0355. The Hall–Kier alpha value is -1.70. The minimum atomic E-state index is -0.892. The summed E-state index contributed by atoms with van der Waals surface area (Å²) in [4.78, 5) is 32.8. The summed E-state index contributed by atoms with van der Waals surface area (Å²) < 4.78 is 0.576. The molecule has 1 aromatic rings. The number of nitrogens with one attached hydrogen (secondary N) is 1. The van der Waals surface area contributed by atoms with E-state index in [9.17, 15) is 9.59 Å². The van der Waals surface area contributed by atoms with Crippen molar-refractivity contribution < 1.29 is 9.59 Å². The van der Waals surface area contributed by atoms with Gasteiger partial charge >= 0.3 is 0 Å². The highest BCUT2D eigenvalue weighted by atomic mass is 79.9. The van der Waals surface area contributed by atoms with Gasteiger partial charge in [0.25, 0.3) is 5.91 Å². The molecule has 3 N–H and O–H groups in total. The fourth-order valence-electron chi connectivity index (χ4n) is 1.68. The van der Waals surface area contributed by atoms with Crippen molar-refractivity contribution in [3.8, 4) is 0 Å². The molecular weight excluding hydrogens is 302 g/mol. The number of nitrogens with two attached hydrogens (primary N) is 1. The van der Waals surface area contributed by atoms with Gasteiger partial charge in [-0.1, -0.05) is 0 Å². The van der Waals surface area contributed by atoms with E-state index in [4.69, 9.17) is 5.73 Å². The van der Waals surface area contributed by atoms with Crippen LogP contribution in [0.5, 0.6) is 0 Å². The third kappa shape index (κ3) is 2.03. The van der Waals surface area contributed by atoms with Gasteiger partial charge in [0.15, 0.2) is 0 Å². The van der Waals surface area contributed by atoms with Crippen LogP contribution in [-0.4, -0.2) is 33.9 Å². The third-order valence-corrected chi connectivity index (χ3v) is 3.34. The maximum absolute atomic E-state index is 11.8. The largest absolute Gasteiger partial charge is 0.368 e. The standard InChI is InChI=1S/C10H12BrN5O2/c1-10(2)8(18)14-6(17)4-16(10)7-5(11)3-13-9(12)15-7/h3H,4H2,1-2H3,(H2,12,13,15)(H,14,17,18). The maximum Gasteiger partial charge on any atom is 0.251 e. The van der Waals surface area contributed by atoms with E-state index in [0.29, 0.717) is 10.3 Å². The Bertz CT molecular complexity index is 531. The van der Waals surface area contributed by atoms with Gasteiger partial charge in [-0.25, -0.2) is 4.98 Å². The van der Waals surface area contributed by atoms with Crippen molar-refractivity contribution in [2.45, 2.75) is 19.4 Å². The third-order valence-electron chi connectivity index (χ3n) is 2.79. The first kappa shape index (κ1) is 12.7. The molecule has 18 heavy (non-hydrogen) atoms. The second kappa shape index (κ2) is 4.20. The zero-order chi connectivity index (χ0) is 13.5. The number of hydrogen-bond acceptors (Lipinski definition) is 6. The molecule has 0 bridgehead atoms. The van der Waals surface area contributed by atoms with Crippen LogP contribution in [0.1, 0.15) is 13.8 Å². The summed E-state index contributed by atoms with van der Waals surface area (Å²) in [7, 11) is 0. The lowest BCUT2D eigenvalue weighted by atomic mass is 9.99. The van der Waals surface area contributed by atoms with E-state index in [1.165, 1.54) is 6.20 Å². The summed E-state index contributed by atoms with van der Waals surface area (Å²) in [6, 6.07) is 0. The molecule has 0 saturated carbocycles. The van der Waals surface area contributed by atoms with Gasteiger partial charge in [0, 0.05) is 6.20 Å². The number of carbonyl (C=O) groups is 2. The van der Waals surface area contributed by atoms with Gasteiger partial charge in [-0.3, -0.25) is 14.9 Å². The highest BCUT2D eigenvalue weighted by Crippen LogP contribution is 2.30. The Morgan fingerprint density at radius 3 is 2.83 bits per heavy atom. The lowest BCUT2D eigenvalue weighted by Gasteiger charge is -2.41. The molecular formula is C10H12BrN5O2. The zero-order valence-electron chi connectivity index (χ0n) is 9.90. The number of carbonyl (C=O) groups excluding carboxylic acids is 2. The molecule has 1 aliphatic heterocycles. The van der Waals surface area contributed by atoms with Crippen molar-refractivity contribution in [2.75, 3.05) is 17.2 Å². The SMILES string of the molecule is CC1(C)C(=O)NC(=O)CN1c1nc(N)ncc1Br. The maximum atomic E-state index is 11.8. The number of aromatic nitrogens is 2. The molecule has 0 spiro atoms. The topological polar surface area (TPSA) is 101 Å². The first-order valence-electron chi connectivity index (χ1n) is 5.22. The molecule has 2 rings (SSSR count). The van der Waals surface area contributed by atoms with Crippen LogP contribution >= 0.6 is 15.9 Å². The van der Waals surface area contributed by atoms with Crippen LogP contribution in [0.4, 0.5) is 11.8 Å². The summed E-state index contributed by atoms with van der Waals surface area (Å²) >= 11 is 3.29. The highest BCUT2D eigenvalue weighted by molar-refractivity contribution is 9.10. The van der Waals surface area contributed by atoms with Gasteiger partial charge in [-0.05, 0) is 29.8 Å². The van der Waals surface area contributed by atoms with E-state index in [0.717, 1.165) is 0 Å². The molecule has 1 aliphatic rings. The number of piperazine rings is 1. The van der Waals surface area contributed by atoms with E-state index in [1.54, 1.807) is 18.7 Å². The van der Waals surface area contributed by atoms with Crippen LogP contribution in [0.3, 0.4) is 0 Å². The number of rotatable bonds is 1. The fraction of sp³-hybridized carbons (Fsp3) is 0.400. The van der Waals surface area contributed by atoms with E-state index in [1.807, 2.05) is 0 Å². The van der Waals surface area contributed by atoms with Gasteiger partial charge in [0.1, 0.15) is 11.4 Å². The van der Waals surface area contributed by atoms with Crippen molar-refractivity contribution in [1.29, 1.82) is 0 Å². The van der Waals surface area contributed by atoms with Crippen LogP contribution in [-0.2, 0) is 9.59 Å². The smallest absolute Gasteiger partial charge is 0.251 e. The van der Waals surface area contributed by atoms with E-state index in [-0.39, 0.29) is 24.3 Å². The fourth-order valence-corrected chi connectivity index (χ4v) is 2.09. The first-order chi connectivity index (χ1) is 8.32. The Labute approximate surface area is 112 Å². The van der Waals surface area contributed by atoms with Gasteiger partial charge < -0.3 is 10.6 Å². The molecule has 1 saturated heterocycles. The van der Waals surface area contributed by atoms with Crippen LogP contribution in [0.2, 0.25) is 0 Å². The van der Waals surface area contributed by atoms with Crippen LogP contribution in [0, 0.1) is 0 Å². The number of halogens is 1. The van der Waals surface area contributed by atoms with Crippen molar-refractivity contribution >= 4 is 39.5 Å².